The van der Waals surface area contributed by atoms with Gasteiger partial charge in [0.1, 0.15) is 5.75 Å². The van der Waals surface area contributed by atoms with Crippen LogP contribution in [0.15, 0.2) is 36.4 Å². The van der Waals surface area contributed by atoms with Crippen molar-refractivity contribution in [3.8, 4) is 11.5 Å². The Labute approximate surface area is 158 Å². The maximum atomic E-state index is 13.9. The molecule has 0 fully saturated rings. The van der Waals surface area contributed by atoms with E-state index in [1.54, 1.807) is 35.2 Å². The zero-order chi connectivity index (χ0) is 20.0. The Balaban J connectivity index is 2.18. The number of carbonyl (C=O) groups excluding carboxylic acids is 2. The highest BCUT2D eigenvalue weighted by molar-refractivity contribution is 5.94. The second kappa shape index (κ2) is 9.16. The van der Waals surface area contributed by atoms with Crippen LogP contribution in [-0.4, -0.2) is 37.4 Å². The molecule has 2 aromatic rings. The molecule has 0 aliphatic rings. The van der Waals surface area contributed by atoms with Crippen LogP contribution in [0.4, 0.5) is 4.39 Å². The Hall–Kier alpha value is -2.89. The summed E-state index contributed by atoms with van der Waals surface area (Å²) in [6.07, 6.45) is 0.0940. The molecule has 0 bridgehead atoms. The van der Waals surface area contributed by atoms with Crippen LogP contribution in [0.5, 0.6) is 11.5 Å². The van der Waals surface area contributed by atoms with Gasteiger partial charge in [0.25, 0.3) is 0 Å². The van der Waals surface area contributed by atoms with Crippen molar-refractivity contribution < 1.29 is 23.5 Å². The van der Waals surface area contributed by atoms with Crippen LogP contribution >= 0.6 is 0 Å². The third-order valence-electron chi connectivity index (χ3n) is 4.35. The first-order valence-electron chi connectivity index (χ1n) is 8.67. The van der Waals surface area contributed by atoms with Crippen LogP contribution in [0, 0.1) is 5.82 Å². The summed E-state index contributed by atoms with van der Waals surface area (Å²) in [6, 6.07) is 9.68. The van der Waals surface area contributed by atoms with Crippen molar-refractivity contribution >= 4 is 11.7 Å². The van der Waals surface area contributed by atoms with Crippen molar-refractivity contribution in [3.63, 3.8) is 0 Å². The molecule has 0 aliphatic carbocycles. The largest absolute Gasteiger partial charge is 0.496 e. The zero-order valence-electron chi connectivity index (χ0n) is 16.0. The minimum Gasteiger partial charge on any atom is -0.496 e. The SMILES string of the molecule is CCN(Cc1ccc(OC)c(F)c1)C(=O)Cc1cc(C(C)=O)ccc1OC. The number of hydrogen-bond donors (Lipinski definition) is 0. The Morgan fingerprint density at radius 2 is 1.70 bits per heavy atom. The van der Waals surface area contributed by atoms with Gasteiger partial charge in [0, 0.05) is 24.2 Å². The van der Waals surface area contributed by atoms with Crippen LogP contribution in [0.1, 0.15) is 35.3 Å². The number of hydrogen-bond acceptors (Lipinski definition) is 4. The van der Waals surface area contributed by atoms with Gasteiger partial charge in [0.2, 0.25) is 5.91 Å². The standard InChI is InChI=1S/C21H24FNO4/c1-5-23(13-15-6-8-20(27-4)18(22)10-15)21(25)12-17-11-16(14(2)24)7-9-19(17)26-3/h6-11H,5,12-13H2,1-4H3. The molecular formula is C21H24FNO4. The fraction of sp³-hybridized carbons (Fsp3) is 0.333. The molecule has 0 aromatic heterocycles. The summed E-state index contributed by atoms with van der Waals surface area (Å²) in [6.45, 7) is 4.09. The predicted octanol–water partition coefficient (Wildman–Crippen LogP) is 3.64. The summed E-state index contributed by atoms with van der Waals surface area (Å²) in [7, 11) is 2.93. The number of halogens is 1. The molecule has 0 radical (unpaired) electrons. The van der Waals surface area contributed by atoms with Crippen LogP contribution in [0.2, 0.25) is 0 Å². The van der Waals surface area contributed by atoms with E-state index in [9.17, 15) is 14.0 Å². The molecule has 0 unspecified atom stereocenters. The van der Waals surface area contributed by atoms with Gasteiger partial charge in [-0.25, -0.2) is 4.39 Å². The van der Waals surface area contributed by atoms with Gasteiger partial charge in [-0.3, -0.25) is 9.59 Å². The molecule has 0 saturated heterocycles. The van der Waals surface area contributed by atoms with E-state index in [-0.39, 0.29) is 30.4 Å². The average molecular weight is 373 g/mol. The first kappa shape index (κ1) is 20.4. The summed E-state index contributed by atoms with van der Waals surface area (Å²) >= 11 is 0. The minimum absolute atomic E-state index is 0.0765. The molecule has 0 saturated carbocycles. The van der Waals surface area contributed by atoms with Crippen molar-refractivity contribution in [1.29, 1.82) is 0 Å². The van der Waals surface area contributed by atoms with Crippen LogP contribution in [0.25, 0.3) is 0 Å². The van der Waals surface area contributed by atoms with Gasteiger partial charge in [-0.05, 0) is 49.7 Å². The van der Waals surface area contributed by atoms with Crippen molar-refractivity contribution in [3.05, 3.63) is 58.9 Å². The number of benzene rings is 2. The van der Waals surface area contributed by atoms with E-state index in [1.165, 1.54) is 27.2 Å². The molecule has 0 N–H and O–H groups in total. The first-order chi connectivity index (χ1) is 12.9. The normalized spacial score (nSPS) is 10.4. The van der Waals surface area contributed by atoms with E-state index in [0.717, 1.165) is 0 Å². The highest BCUT2D eigenvalue weighted by Crippen LogP contribution is 2.23. The third kappa shape index (κ3) is 5.06. The molecule has 1 amide bonds. The smallest absolute Gasteiger partial charge is 0.227 e. The Morgan fingerprint density at radius 3 is 2.26 bits per heavy atom. The Morgan fingerprint density at radius 1 is 1.04 bits per heavy atom. The maximum Gasteiger partial charge on any atom is 0.227 e. The summed E-state index contributed by atoms with van der Waals surface area (Å²) in [5.74, 6) is 0.0493. The third-order valence-corrected chi connectivity index (χ3v) is 4.35. The lowest BCUT2D eigenvalue weighted by atomic mass is 10.0. The van der Waals surface area contributed by atoms with E-state index < -0.39 is 5.82 Å². The monoisotopic (exact) mass is 373 g/mol. The van der Waals surface area contributed by atoms with Crippen LogP contribution in [-0.2, 0) is 17.8 Å². The van der Waals surface area contributed by atoms with Crippen molar-refractivity contribution in [2.24, 2.45) is 0 Å². The molecular weight excluding hydrogens is 349 g/mol. The van der Waals surface area contributed by atoms with Gasteiger partial charge >= 0.3 is 0 Å². The highest BCUT2D eigenvalue weighted by Gasteiger charge is 2.17. The molecule has 0 aliphatic heterocycles. The van der Waals surface area contributed by atoms with Crippen molar-refractivity contribution in [2.75, 3.05) is 20.8 Å². The first-order valence-corrected chi connectivity index (χ1v) is 8.67. The quantitative estimate of drug-likeness (QED) is 0.663. The summed E-state index contributed by atoms with van der Waals surface area (Å²) in [5.41, 5.74) is 1.85. The number of ether oxygens (including phenoxy) is 2. The topological polar surface area (TPSA) is 55.8 Å². The molecule has 2 rings (SSSR count). The molecule has 144 valence electrons. The molecule has 0 atom stereocenters. The number of nitrogens with zero attached hydrogens (tertiary/aromatic N) is 1. The summed E-state index contributed by atoms with van der Waals surface area (Å²) in [4.78, 5) is 26.0. The van der Waals surface area contributed by atoms with Gasteiger partial charge < -0.3 is 14.4 Å². The molecule has 6 heteroatoms. The van der Waals surface area contributed by atoms with E-state index in [0.29, 0.717) is 29.0 Å². The van der Waals surface area contributed by atoms with Crippen molar-refractivity contribution in [1.82, 2.24) is 4.90 Å². The van der Waals surface area contributed by atoms with Gasteiger partial charge in [0.05, 0.1) is 20.6 Å². The number of Topliss-reactive ketones (excluding diaryl/α,β-unsaturated/α-hetero) is 1. The van der Waals surface area contributed by atoms with E-state index in [2.05, 4.69) is 0 Å². The number of methoxy groups -OCH3 is 2. The lowest BCUT2D eigenvalue weighted by Crippen LogP contribution is -2.31. The van der Waals surface area contributed by atoms with Gasteiger partial charge in [-0.1, -0.05) is 6.07 Å². The van der Waals surface area contributed by atoms with E-state index >= 15 is 0 Å². The molecule has 5 nitrogen and oxygen atoms in total. The summed E-state index contributed by atoms with van der Waals surface area (Å²) < 4.78 is 24.1. The number of ketones is 1. The highest BCUT2D eigenvalue weighted by atomic mass is 19.1. The average Bonchev–Trinajstić information content (AvgIpc) is 2.65. The Bertz CT molecular complexity index is 835. The van der Waals surface area contributed by atoms with Gasteiger partial charge in [-0.2, -0.15) is 0 Å². The van der Waals surface area contributed by atoms with Gasteiger partial charge in [0.15, 0.2) is 17.3 Å². The minimum atomic E-state index is -0.464. The maximum absolute atomic E-state index is 13.9. The predicted molar refractivity (Wildman–Crippen MR) is 101 cm³/mol. The number of rotatable bonds is 8. The Kier molecular flexibility index (Phi) is 6.93. The van der Waals surface area contributed by atoms with E-state index in [1.807, 2.05) is 6.92 Å². The number of likely N-dealkylation sites (N-methyl/N-ethyl adjacent to an activating group) is 1. The molecule has 0 heterocycles. The second-order valence-corrected chi connectivity index (χ2v) is 6.14. The summed E-state index contributed by atoms with van der Waals surface area (Å²) in [5, 5.41) is 0. The van der Waals surface area contributed by atoms with Gasteiger partial charge in [-0.15, -0.1) is 0 Å². The fourth-order valence-corrected chi connectivity index (χ4v) is 2.82. The van der Waals surface area contributed by atoms with Crippen molar-refractivity contribution in [2.45, 2.75) is 26.8 Å². The second-order valence-electron chi connectivity index (χ2n) is 6.14. The van der Waals surface area contributed by atoms with Crippen LogP contribution < -0.4 is 9.47 Å². The number of amides is 1. The zero-order valence-corrected chi connectivity index (χ0v) is 16.0. The van der Waals surface area contributed by atoms with E-state index in [4.69, 9.17) is 9.47 Å². The fourth-order valence-electron chi connectivity index (χ4n) is 2.82. The lowest BCUT2D eigenvalue weighted by molar-refractivity contribution is -0.130. The molecule has 0 spiro atoms. The molecule has 2 aromatic carbocycles. The lowest BCUT2D eigenvalue weighted by Gasteiger charge is -2.22. The van der Waals surface area contributed by atoms with Crippen LogP contribution in [0.3, 0.4) is 0 Å². The number of carbonyl (C=O) groups is 2. The molecule has 27 heavy (non-hydrogen) atoms.